The molecule has 0 spiro atoms. The maximum atomic E-state index is 13.3. The molecule has 23 heavy (non-hydrogen) atoms. The fourth-order valence-electron chi connectivity index (χ4n) is 2.57. The Kier molecular flexibility index (Phi) is 3.70. The molecule has 0 atom stereocenters. The maximum Gasteiger partial charge on any atom is 0.248 e. The Bertz CT molecular complexity index is 908. The van der Waals surface area contributed by atoms with Crippen LogP contribution in [0.1, 0.15) is 11.1 Å². The van der Waals surface area contributed by atoms with Crippen LogP contribution >= 0.6 is 0 Å². The van der Waals surface area contributed by atoms with Crippen LogP contribution in [0.2, 0.25) is 0 Å². The number of benzene rings is 2. The van der Waals surface area contributed by atoms with E-state index in [1.807, 2.05) is 29.0 Å². The van der Waals surface area contributed by atoms with E-state index in [1.54, 1.807) is 6.07 Å². The summed E-state index contributed by atoms with van der Waals surface area (Å²) in [4.78, 5) is 11.2. The molecule has 0 aliphatic carbocycles. The highest BCUT2D eigenvalue weighted by molar-refractivity contribution is 6.18. The van der Waals surface area contributed by atoms with Crippen LogP contribution in [0.4, 0.5) is 8.78 Å². The van der Waals surface area contributed by atoms with E-state index in [1.165, 1.54) is 12.1 Å². The number of amides is 1. The zero-order chi connectivity index (χ0) is 16.6. The van der Waals surface area contributed by atoms with Gasteiger partial charge in [-0.15, -0.1) is 0 Å². The normalized spacial score (nSPS) is 10.9. The Morgan fingerprint density at radius 1 is 1.09 bits per heavy atom. The number of nitrogens with zero attached hydrogens (tertiary/aromatic N) is 1. The maximum absolute atomic E-state index is 13.3. The van der Waals surface area contributed by atoms with Gasteiger partial charge in [-0.2, -0.15) is 0 Å². The van der Waals surface area contributed by atoms with E-state index in [-0.39, 0.29) is 5.57 Å². The van der Waals surface area contributed by atoms with Crippen molar-refractivity contribution in [2.24, 2.45) is 5.73 Å². The second-order valence-corrected chi connectivity index (χ2v) is 5.34. The Morgan fingerprint density at radius 2 is 1.78 bits per heavy atom. The molecule has 116 valence electrons. The quantitative estimate of drug-likeness (QED) is 0.737. The first-order chi connectivity index (χ1) is 10.9. The van der Waals surface area contributed by atoms with Gasteiger partial charge in [-0.25, -0.2) is 8.78 Å². The van der Waals surface area contributed by atoms with Crippen LogP contribution in [0.3, 0.4) is 0 Å². The highest BCUT2D eigenvalue weighted by atomic mass is 19.1. The number of carbonyl (C=O) groups excluding carboxylic acids is 1. The lowest BCUT2D eigenvalue weighted by Gasteiger charge is -2.07. The van der Waals surface area contributed by atoms with Gasteiger partial charge in [0.05, 0.1) is 0 Å². The molecule has 0 fully saturated rings. The summed E-state index contributed by atoms with van der Waals surface area (Å²) in [6, 6.07) is 10.7. The SMILES string of the molecule is C=C(C(N)=O)c1ccc2c(ccn2Cc2cc(F)cc(F)c2)c1. The van der Waals surface area contributed by atoms with Gasteiger partial charge in [0.25, 0.3) is 0 Å². The number of halogens is 2. The molecule has 3 aromatic rings. The number of hydrogen-bond acceptors (Lipinski definition) is 1. The molecular weight excluding hydrogens is 298 g/mol. The predicted octanol–water partition coefficient (Wildman–Crippen LogP) is 3.47. The number of hydrogen-bond donors (Lipinski definition) is 1. The summed E-state index contributed by atoms with van der Waals surface area (Å²) in [5, 5.41) is 0.891. The van der Waals surface area contributed by atoms with E-state index in [2.05, 4.69) is 6.58 Å². The molecule has 1 aromatic heterocycles. The first kappa shape index (κ1) is 15.0. The summed E-state index contributed by atoms with van der Waals surface area (Å²) >= 11 is 0. The number of primary amides is 1. The molecule has 5 heteroatoms. The Labute approximate surface area is 131 Å². The predicted molar refractivity (Wildman–Crippen MR) is 85.6 cm³/mol. The first-order valence-corrected chi connectivity index (χ1v) is 6.97. The van der Waals surface area contributed by atoms with Gasteiger partial charge in [0.15, 0.2) is 0 Å². The van der Waals surface area contributed by atoms with Gasteiger partial charge in [0.1, 0.15) is 11.6 Å². The van der Waals surface area contributed by atoms with Gasteiger partial charge in [0.2, 0.25) is 5.91 Å². The van der Waals surface area contributed by atoms with E-state index in [4.69, 9.17) is 5.73 Å². The van der Waals surface area contributed by atoms with Crippen molar-refractivity contribution >= 4 is 22.4 Å². The third kappa shape index (κ3) is 2.99. The van der Waals surface area contributed by atoms with E-state index in [0.717, 1.165) is 17.0 Å². The lowest BCUT2D eigenvalue weighted by atomic mass is 10.1. The van der Waals surface area contributed by atoms with Crippen LogP contribution in [-0.4, -0.2) is 10.5 Å². The van der Waals surface area contributed by atoms with Gasteiger partial charge in [-0.3, -0.25) is 4.79 Å². The molecule has 0 unspecified atom stereocenters. The van der Waals surface area contributed by atoms with Crippen LogP contribution in [-0.2, 0) is 11.3 Å². The van der Waals surface area contributed by atoms with Crippen molar-refractivity contribution in [3.05, 3.63) is 78.0 Å². The van der Waals surface area contributed by atoms with Gasteiger partial charge >= 0.3 is 0 Å². The van der Waals surface area contributed by atoms with E-state index >= 15 is 0 Å². The molecular formula is C18H14F2N2O. The zero-order valence-corrected chi connectivity index (χ0v) is 12.2. The minimum Gasteiger partial charge on any atom is -0.366 e. The lowest BCUT2D eigenvalue weighted by Crippen LogP contribution is -2.11. The Hall–Kier alpha value is -2.95. The molecule has 0 saturated carbocycles. The molecule has 2 N–H and O–H groups in total. The second kappa shape index (κ2) is 5.68. The van der Waals surface area contributed by atoms with Crippen molar-refractivity contribution in [2.45, 2.75) is 6.54 Å². The summed E-state index contributed by atoms with van der Waals surface area (Å²) in [7, 11) is 0. The van der Waals surface area contributed by atoms with Crippen LogP contribution < -0.4 is 5.73 Å². The fourth-order valence-corrected chi connectivity index (χ4v) is 2.57. The molecule has 3 nitrogen and oxygen atoms in total. The van der Waals surface area contributed by atoms with E-state index in [0.29, 0.717) is 17.7 Å². The lowest BCUT2D eigenvalue weighted by molar-refractivity contribution is -0.112. The van der Waals surface area contributed by atoms with Crippen molar-refractivity contribution in [3.63, 3.8) is 0 Å². The first-order valence-electron chi connectivity index (χ1n) is 6.97. The molecule has 3 rings (SSSR count). The zero-order valence-electron chi connectivity index (χ0n) is 12.2. The minimum absolute atomic E-state index is 0.242. The second-order valence-electron chi connectivity index (χ2n) is 5.34. The van der Waals surface area contributed by atoms with Gasteiger partial charge in [0, 0.05) is 35.3 Å². The molecule has 2 aromatic carbocycles. The van der Waals surface area contributed by atoms with Gasteiger partial charge < -0.3 is 10.3 Å². The standard InChI is InChI=1S/C18H14F2N2O/c1-11(18(21)23)13-2-3-17-14(8-13)4-5-22(17)10-12-6-15(19)9-16(20)7-12/h2-9H,1,10H2,(H2,21,23). The summed E-state index contributed by atoms with van der Waals surface area (Å²) < 4.78 is 28.4. The number of aromatic nitrogens is 1. The molecule has 0 bridgehead atoms. The van der Waals surface area contributed by atoms with Crippen molar-refractivity contribution in [3.8, 4) is 0 Å². The average molecular weight is 312 g/mol. The van der Waals surface area contributed by atoms with Crippen LogP contribution in [0.5, 0.6) is 0 Å². The van der Waals surface area contributed by atoms with Crippen molar-refractivity contribution in [1.29, 1.82) is 0 Å². The molecule has 1 heterocycles. The summed E-state index contributed by atoms with van der Waals surface area (Å²) in [5.74, 6) is -1.77. The van der Waals surface area contributed by atoms with Gasteiger partial charge in [-0.1, -0.05) is 12.6 Å². The van der Waals surface area contributed by atoms with E-state index < -0.39 is 17.5 Å². The third-order valence-corrected chi connectivity index (χ3v) is 3.69. The van der Waals surface area contributed by atoms with Crippen molar-refractivity contribution in [2.75, 3.05) is 0 Å². The van der Waals surface area contributed by atoms with Crippen molar-refractivity contribution in [1.82, 2.24) is 4.57 Å². The molecule has 1 amide bonds. The Balaban J connectivity index is 1.96. The van der Waals surface area contributed by atoms with Crippen molar-refractivity contribution < 1.29 is 13.6 Å². The summed E-state index contributed by atoms with van der Waals surface area (Å²) in [5.41, 5.74) is 7.55. The highest BCUT2D eigenvalue weighted by Crippen LogP contribution is 2.22. The molecule has 0 aliphatic rings. The fraction of sp³-hybridized carbons (Fsp3) is 0.0556. The minimum atomic E-state index is -0.600. The number of rotatable bonds is 4. The van der Waals surface area contributed by atoms with Crippen LogP contribution in [0, 0.1) is 11.6 Å². The molecule has 0 aliphatic heterocycles. The monoisotopic (exact) mass is 312 g/mol. The van der Waals surface area contributed by atoms with Gasteiger partial charge in [-0.05, 0) is 41.5 Å². The molecule has 0 saturated heterocycles. The molecule has 0 radical (unpaired) electrons. The highest BCUT2D eigenvalue weighted by Gasteiger charge is 2.09. The van der Waals surface area contributed by atoms with E-state index in [9.17, 15) is 13.6 Å². The number of carbonyl (C=O) groups is 1. The van der Waals surface area contributed by atoms with Crippen LogP contribution in [0.25, 0.3) is 16.5 Å². The summed E-state index contributed by atoms with van der Waals surface area (Å²) in [6.45, 7) is 4.00. The summed E-state index contributed by atoms with van der Waals surface area (Å²) in [6.07, 6.45) is 1.82. The number of fused-ring (bicyclic) bond motifs is 1. The Morgan fingerprint density at radius 3 is 2.43 bits per heavy atom. The number of nitrogens with two attached hydrogens (primary N) is 1. The topological polar surface area (TPSA) is 48.0 Å². The van der Waals surface area contributed by atoms with Crippen LogP contribution in [0.15, 0.2) is 55.2 Å². The largest absolute Gasteiger partial charge is 0.366 e. The average Bonchev–Trinajstić information content (AvgIpc) is 2.87. The smallest absolute Gasteiger partial charge is 0.248 e. The third-order valence-electron chi connectivity index (χ3n) is 3.69.